The van der Waals surface area contributed by atoms with E-state index in [-0.39, 0.29) is 12.5 Å². The monoisotopic (exact) mass is 443 g/mol. The minimum atomic E-state index is -0.444. The summed E-state index contributed by atoms with van der Waals surface area (Å²) in [5, 5.41) is 3.66. The molecule has 7 heteroatoms. The summed E-state index contributed by atoms with van der Waals surface area (Å²) in [6, 6.07) is 20.6. The molecule has 0 fully saturated rings. The van der Waals surface area contributed by atoms with Gasteiger partial charge in [0.15, 0.2) is 0 Å². The molecule has 5 rings (SSSR count). The van der Waals surface area contributed by atoms with Crippen molar-refractivity contribution >= 4 is 28.4 Å². The maximum Gasteiger partial charge on any atom is 0.272 e. The number of benzene rings is 3. The Kier molecular flexibility index (Phi) is 5.09. The quantitative estimate of drug-likeness (QED) is 0.494. The number of hydrogen-bond donors (Lipinski definition) is 1. The van der Waals surface area contributed by atoms with E-state index in [0.29, 0.717) is 17.1 Å². The van der Waals surface area contributed by atoms with Crippen LogP contribution in [0.4, 0.5) is 10.1 Å². The molecule has 6 nitrogen and oxygen atoms in total. The van der Waals surface area contributed by atoms with Crippen molar-refractivity contribution in [3.05, 3.63) is 95.4 Å². The number of ether oxygens (including phenoxy) is 1. The van der Waals surface area contributed by atoms with E-state index in [0.717, 1.165) is 22.0 Å². The molecule has 33 heavy (non-hydrogen) atoms. The summed E-state index contributed by atoms with van der Waals surface area (Å²) in [5.74, 6) is -0.361. The van der Waals surface area contributed by atoms with Crippen molar-refractivity contribution in [3.8, 4) is 5.75 Å². The lowest BCUT2D eigenvalue weighted by Gasteiger charge is -2.26. The SMILES string of the molecule is COc1ccc([C@H]2c3c(n(C)c4ccccc34)C(=O)N2CC(=O)Nc2cccc(F)c2)cc1. The van der Waals surface area contributed by atoms with Gasteiger partial charge >= 0.3 is 0 Å². The second-order valence-corrected chi connectivity index (χ2v) is 8.01. The van der Waals surface area contributed by atoms with Crippen LogP contribution in [0.3, 0.4) is 0 Å². The maximum atomic E-state index is 13.6. The van der Waals surface area contributed by atoms with Gasteiger partial charge in [-0.25, -0.2) is 4.39 Å². The highest BCUT2D eigenvalue weighted by molar-refractivity contribution is 6.08. The predicted octanol–water partition coefficient (Wildman–Crippen LogP) is 4.51. The predicted molar refractivity (Wildman–Crippen MR) is 124 cm³/mol. The third kappa shape index (κ3) is 3.51. The van der Waals surface area contributed by atoms with E-state index < -0.39 is 17.8 Å². The van der Waals surface area contributed by atoms with Crippen molar-refractivity contribution < 1.29 is 18.7 Å². The number of amides is 2. The molecule has 1 atom stereocenters. The van der Waals surface area contributed by atoms with Crippen LogP contribution in [0.2, 0.25) is 0 Å². The summed E-state index contributed by atoms with van der Waals surface area (Å²) in [6.45, 7) is -0.172. The molecule has 1 aliphatic rings. The summed E-state index contributed by atoms with van der Waals surface area (Å²) < 4.78 is 20.7. The van der Waals surface area contributed by atoms with Crippen molar-refractivity contribution in [1.82, 2.24) is 9.47 Å². The second-order valence-electron chi connectivity index (χ2n) is 8.01. The molecule has 1 aromatic heterocycles. The van der Waals surface area contributed by atoms with E-state index in [2.05, 4.69) is 5.32 Å². The number of halogens is 1. The molecule has 0 bridgehead atoms. The number of nitrogens with one attached hydrogen (secondary N) is 1. The third-order valence-corrected chi connectivity index (χ3v) is 6.05. The van der Waals surface area contributed by atoms with E-state index in [1.165, 1.54) is 18.2 Å². The first-order chi connectivity index (χ1) is 16.0. The van der Waals surface area contributed by atoms with Gasteiger partial charge in [-0.15, -0.1) is 0 Å². The average molecular weight is 443 g/mol. The van der Waals surface area contributed by atoms with Crippen LogP contribution in [0.1, 0.15) is 27.7 Å². The van der Waals surface area contributed by atoms with Gasteiger partial charge in [0.2, 0.25) is 5.91 Å². The topological polar surface area (TPSA) is 63.6 Å². The zero-order valence-corrected chi connectivity index (χ0v) is 18.2. The Balaban J connectivity index is 1.56. The molecule has 0 aliphatic carbocycles. The highest BCUT2D eigenvalue weighted by atomic mass is 19.1. The Labute approximate surface area is 190 Å². The van der Waals surface area contributed by atoms with E-state index in [1.54, 1.807) is 18.1 Å². The van der Waals surface area contributed by atoms with Crippen LogP contribution in [0.15, 0.2) is 72.8 Å². The van der Waals surface area contributed by atoms with Crippen molar-refractivity contribution in [2.45, 2.75) is 6.04 Å². The number of anilines is 1. The smallest absolute Gasteiger partial charge is 0.272 e. The van der Waals surface area contributed by atoms with Gasteiger partial charge in [0.1, 0.15) is 23.8 Å². The second kappa shape index (κ2) is 8.09. The molecule has 0 saturated heterocycles. The molecule has 1 N–H and O–H groups in total. The number of hydrogen-bond acceptors (Lipinski definition) is 3. The van der Waals surface area contributed by atoms with Gasteiger partial charge < -0.3 is 19.5 Å². The van der Waals surface area contributed by atoms with Gasteiger partial charge in [-0.05, 0) is 42.0 Å². The lowest BCUT2D eigenvalue weighted by molar-refractivity contribution is -0.117. The van der Waals surface area contributed by atoms with Crippen LogP contribution in [-0.4, -0.2) is 34.9 Å². The molecule has 4 aromatic rings. The van der Waals surface area contributed by atoms with Gasteiger partial charge in [-0.1, -0.05) is 36.4 Å². The molecule has 3 aromatic carbocycles. The number of aromatic nitrogens is 1. The standard InChI is InChI=1S/C26H22FN3O3/c1-29-21-9-4-3-8-20(21)23-24(16-10-12-19(33-2)13-11-16)30(26(32)25(23)29)15-22(31)28-18-7-5-6-17(27)14-18/h3-14,24H,15H2,1-2H3,(H,28,31)/t24-/m0/s1. The number of aryl methyl sites for hydroxylation is 1. The van der Waals surface area contributed by atoms with Crippen molar-refractivity contribution in [2.75, 3.05) is 19.0 Å². The number of rotatable bonds is 5. The fourth-order valence-electron chi connectivity index (χ4n) is 4.58. The fraction of sp³-hybridized carbons (Fsp3) is 0.154. The first-order valence-corrected chi connectivity index (χ1v) is 10.6. The minimum Gasteiger partial charge on any atom is -0.497 e. The van der Waals surface area contributed by atoms with Crippen molar-refractivity contribution in [1.29, 1.82) is 0 Å². The molecular weight excluding hydrogens is 421 g/mol. The lowest BCUT2D eigenvalue weighted by Crippen LogP contribution is -2.37. The number of nitrogens with zero attached hydrogens (tertiary/aromatic N) is 2. The lowest BCUT2D eigenvalue weighted by atomic mass is 9.98. The molecule has 2 heterocycles. The van der Waals surface area contributed by atoms with Gasteiger partial charge in [-0.2, -0.15) is 0 Å². The summed E-state index contributed by atoms with van der Waals surface area (Å²) in [6.07, 6.45) is 0. The summed E-state index contributed by atoms with van der Waals surface area (Å²) in [5.41, 5.74) is 3.61. The molecule has 1 aliphatic heterocycles. The largest absolute Gasteiger partial charge is 0.497 e. The van der Waals surface area contributed by atoms with Crippen LogP contribution in [0.5, 0.6) is 5.75 Å². The summed E-state index contributed by atoms with van der Waals surface area (Å²) in [7, 11) is 3.46. The Morgan fingerprint density at radius 2 is 1.82 bits per heavy atom. The molecule has 166 valence electrons. The van der Waals surface area contributed by atoms with Crippen LogP contribution < -0.4 is 10.1 Å². The molecule has 0 spiro atoms. The Bertz CT molecular complexity index is 1380. The van der Waals surface area contributed by atoms with E-state index in [9.17, 15) is 14.0 Å². The van der Waals surface area contributed by atoms with Gasteiger partial charge in [0.05, 0.1) is 13.2 Å². The molecule has 0 unspecified atom stereocenters. The van der Waals surface area contributed by atoms with Crippen molar-refractivity contribution in [3.63, 3.8) is 0 Å². The highest BCUT2D eigenvalue weighted by Crippen LogP contribution is 2.44. The zero-order chi connectivity index (χ0) is 23.1. The first kappa shape index (κ1) is 20.8. The van der Waals surface area contributed by atoms with Gasteiger partial charge in [-0.3, -0.25) is 9.59 Å². The number of carbonyl (C=O) groups excluding carboxylic acids is 2. The number of carbonyl (C=O) groups is 2. The normalized spacial score (nSPS) is 15.1. The first-order valence-electron chi connectivity index (χ1n) is 10.6. The zero-order valence-electron chi connectivity index (χ0n) is 18.2. The molecule has 0 saturated carbocycles. The molecule has 2 amide bonds. The van der Waals surface area contributed by atoms with Gasteiger partial charge in [0, 0.05) is 29.2 Å². The number of fused-ring (bicyclic) bond motifs is 3. The van der Waals surface area contributed by atoms with Gasteiger partial charge in [0.25, 0.3) is 5.91 Å². The highest BCUT2D eigenvalue weighted by Gasteiger charge is 2.42. The van der Waals surface area contributed by atoms with Crippen LogP contribution in [-0.2, 0) is 11.8 Å². The number of para-hydroxylation sites is 1. The third-order valence-electron chi connectivity index (χ3n) is 6.05. The average Bonchev–Trinajstić information content (AvgIpc) is 3.26. The maximum absolute atomic E-state index is 13.6. The Morgan fingerprint density at radius 1 is 1.06 bits per heavy atom. The Hall–Kier alpha value is -4.13. The van der Waals surface area contributed by atoms with Crippen molar-refractivity contribution in [2.24, 2.45) is 7.05 Å². The summed E-state index contributed by atoms with van der Waals surface area (Å²) in [4.78, 5) is 28.0. The summed E-state index contributed by atoms with van der Waals surface area (Å²) >= 11 is 0. The van der Waals surface area contributed by atoms with Crippen LogP contribution >= 0.6 is 0 Å². The molecule has 0 radical (unpaired) electrons. The van der Waals surface area contributed by atoms with Crippen LogP contribution in [0, 0.1) is 5.82 Å². The minimum absolute atomic E-state index is 0.172. The molecular formula is C26H22FN3O3. The number of methoxy groups -OCH3 is 1. The Morgan fingerprint density at radius 3 is 2.55 bits per heavy atom. The van der Waals surface area contributed by atoms with Crippen LogP contribution in [0.25, 0.3) is 10.9 Å². The van der Waals surface area contributed by atoms with E-state index in [4.69, 9.17) is 4.74 Å². The fourth-order valence-corrected chi connectivity index (χ4v) is 4.58. The van der Waals surface area contributed by atoms with E-state index in [1.807, 2.05) is 60.1 Å². The van der Waals surface area contributed by atoms with E-state index >= 15 is 0 Å².